The molecule has 2 aliphatic heterocycles. The molecule has 1 fully saturated rings. The number of benzene rings is 1. The van der Waals surface area contributed by atoms with Gasteiger partial charge in [-0.05, 0) is 19.2 Å². The summed E-state index contributed by atoms with van der Waals surface area (Å²) in [5.41, 5.74) is 1.93. The van der Waals surface area contributed by atoms with Crippen LogP contribution in [-0.4, -0.2) is 50.1 Å². The van der Waals surface area contributed by atoms with Crippen molar-refractivity contribution in [3.8, 4) is 5.75 Å². The van der Waals surface area contributed by atoms with Crippen molar-refractivity contribution in [2.45, 2.75) is 13.0 Å². The lowest BCUT2D eigenvalue weighted by molar-refractivity contribution is -0.114. The maximum absolute atomic E-state index is 11.1. The van der Waals surface area contributed by atoms with E-state index in [-0.39, 0.29) is 5.91 Å². The smallest absolute Gasteiger partial charge is 0.221 e. The summed E-state index contributed by atoms with van der Waals surface area (Å²) >= 11 is 0. The second-order valence-electron chi connectivity index (χ2n) is 5.28. The largest absolute Gasteiger partial charge is 0.489 e. The molecule has 3 rings (SSSR count). The highest BCUT2D eigenvalue weighted by molar-refractivity contribution is 5.89. The molecule has 5 nitrogen and oxygen atoms in total. The molecule has 1 atom stereocenters. The molecule has 0 aliphatic carbocycles. The molecule has 0 saturated carbocycles. The third kappa shape index (κ3) is 2.38. The predicted molar refractivity (Wildman–Crippen MR) is 74.9 cm³/mol. The molecule has 1 N–H and O–H groups in total. The van der Waals surface area contributed by atoms with Crippen molar-refractivity contribution in [1.82, 2.24) is 4.90 Å². The highest BCUT2D eigenvalue weighted by Crippen LogP contribution is 2.37. The van der Waals surface area contributed by atoms with Gasteiger partial charge in [-0.25, -0.2) is 0 Å². The minimum atomic E-state index is -0.0618. The molecule has 2 aliphatic rings. The van der Waals surface area contributed by atoms with E-state index < -0.39 is 0 Å². The SMILES string of the molecule is CC(=O)Nc1ccc2c(c1)OC[C@@H]1CN(C)CCN21. The summed E-state index contributed by atoms with van der Waals surface area (Å²) in [7, 11) is 2.15. The van der Waals surface area contributed by atoms with E-state index in [1.165, 1.54) is 6.92 Å². The van der Waals surface area contributed by atoms with Crippen molar-refractivity contribution < 1.29 is 9.53 Å². The zero-order valence-electron chi connectivity index (χ0n) is 11.3. The van der Waals surface area contributed by atoms with E-state index in [9.17, 15) is 4.79 Å². The zero-order chi connectivity index (χ0) is 13.4. The normalized spacial score (nSPS) is 22.2. The molecule has 19 heavy (non-hydrogen) atoms. The minimum absolute atomic E-state index is 0.0618. The Morgan fingerprint density at radius 2 is 2.26 bits per heavy atom. The van der Waals surface area contributed by atoms with Gasteiger partial charge in [0.15, 0.2) is 0 Å². The lowest BCUT2D eigenvalue weighted by atomic mass is 10.1. The molecule has 2 heterocycles. The number of nitrogens with zero attached hydrogens (tertiary/aromatic N) is 2. The molecular weight excluding hydrogens is 242 g/mol. The van der Waals surface area contributed by atoms with Crippen LogP contribution in [0.4, 0.5) is 11.4 Å². The van der Waals surface area contributed by atoms with Crippen LogP contribution >= 0.6 is 0 Å². The quantitative estimate of drug-likeness (QED) is 0.824. The summed E-state index contributed by atoms with van der Waals surface area (Å²) in [6, 6.07) is 6.31. The summed E-state index contributed by atoms with van der Waals surface area (Å²) in [4.78, 5) is 15.8. The Balaban J connectivity index is 1.86. The van der Waals surface area contributed by atoms with Gasteiger partial charge in [0.25, 0.3) is 0 Å². The maximum atomic E-state index is 11.1. The Morgan fingerprint density at radius 1 is 1.42 bits per heavy atom. The van der Waals surface area contributed by atoms with Crippen LogP contribution in [0.2, 0.25) is 0 Å². The van der Waals surface area contributed by atoms with Crippen LogP contribution in [0.5, 0.6) is 5.75 Å². The van der Waals surface area contributed by atoms with Crippen LogP contribution in [0.15, 0.2) is 18.2 Å². The van der Waals surface area contributed by atoms with Crippen molar-refractivity contribution in [3.63, 3.8) is 0 Å². The van der Waals surface area contributed by atoms with E-state index >= 15 is 0 Å². The van der Waals surface area contributed by atoms with Crippen molar-refractivity contribution >= 4 is 17.3 Å². The molecule has 0 bridgehead atoms. The van der Waals surface area contributed by atoms with Gasteiger partial charge in [-0.3, -0.25) is 4.79 Å². The Morgan fingerprint density at radius 3 is 3.05 bits per heavy atom. The number of carbonyl (C=O) groups is 1. The van der Waals surface area contributed by atoms with Gasteiger partial charge in [0.1, 0.15) is 12.4 Å². The van der Waals surface area contributed by atoms with Crippen molar-refractivity contribution in [3.05, 3.63) is 18.2 Å². The molecule has 1 aromatic carbocycles. The molecule has 102 valence electrons. The van der Waals surface area contributed by atoms with Crippen LogP contribution in [0.25, 0.3) is 0 Å². The number of ether oxygens (including phenoxy) is 1. The summed E-state index contributed by atoms with van der Waals surface area (Å²) in [6.45, 7) is 5.35. The lowest BCUT2D eigenvalue weighted by Gasteiger charge is -2.44. The fraction of sp³-hybridized carbons (Fsp3) is 0.500. The van der Waals surface area contributed by atoms with Gasteiger partial charge in [0.05, 0.1) is 11.7 Å². The molecule has 5 heteroatoms. The first-order chi connectivity index (χ1) is 9.13. The number of amides is 1. The van der Waals surface area contributed by atoms with Crippen LogP contribution in [0, 0.1) is 0 Å². The standard InChI is InChI=1S/C14H19N3O2/c1-10(18)15-11-3-4-13-14(7-11)19-9-12-8-16(2)5-6-17(12)13/h3-4,7,12H,5-6,8-9H2,1-2H3,(H,15,18)/t12-/m0/s1. The van der Waals surface area contributed by atoms with Gasteiger partial charge in [-0.1, -0.05) is 0 Å². The number of anilines is 2. The second kappa shape index (κ2) is 4.74. The molecule has 1 aromatic rings. The van der Waals surface area contributed by atoms with Gasteiger partial charge >= 0.3 is 0 Å². The number of hydrogen-bond acceptors (Lipinski definition) is 4. The molecule has 0 radical (unpaired) electrons. The van der Waals surface area contributed by atoms with E-state index in [0.29, 0.717) is 12.6 Å². The van der Waals surface area contributed by atoms with E-state index in [2.05, 4.69) is 22.2 Å². The van der Waals surface area contributed by atoms with Crippen molar-refractivity contribution in [2.75, 3.05) is 43.5 Å². The third-order valence-corrected chi connectivity index (χ3v) is 3.71. The zero-order valence-corrected chi connectivity index (χ0v) is 11.3. The monoisotopic (exact) mass is 261 g/mol. The first-order valence-corrected chi connectivity index (χ1v) is 6.63. The number of hydrogen-bond donors (Lipinski definition) is 1. The van der Waals surface area contributed by atoms with Gasteiger partial charge in [0, 0.05) is 38.3 Å². The number of fused-ring (bicyclic) bond motifs is 3. The van der Waals surface area contributed by atoms with Crippen LogP contribution in [0.1, 0.15) is 6.92 Å². The Labute approximate surface area is 113 Å². The fourth-order valence-corrected chi connectivity index (χ4v) is 2.80. The number of piperazine rings is 1. The predicted octanol–water partition coefficient (Wildman–Crippen LogP) is 1.16. The van der Waals surface area contributed by atoms with Crippen LogP contribution in [-0.2, 0) is 4.79 Å². The lowest BCUT2D eigenvalue weighted by Crippen LogP contribution is -2.56. The number of likely N-dealkylation sites (N-methyl/N-ethyl adjacent to an activating group) is 1. The molecule has 1 saturated heterocycles. The Kier molecular flexibility index (Phi) is 3.06. The second-order valence-corrected chi connectivity index (χ2v) is 5.28. The van der Waals surface area contributed by atoms with Gasteiger partial charge < -0.3 is 19.9 Å². The van der Waals surface area contributed by atoms with Crippen LogP contribution in [0.3, 0.4) is 0 Å². The highest BCUT2D eigenvalue weighted by Gasteiger charge is 2.31. The first kappa shape index (κ1) is 12.3. The molecular formula is C14H19N3O2. The average molecular weight is 261 g/mol. The average Bonchev–Trinajstić information content (AvgIpc) is 2.37. The van der Waals surface area contributed by atoms with E-state index in [4.69, 9.17) is 4.74 Å². The third-order valence-electron chi connectivity index (χ3n) is 3.71. The minimum Gasteiger partial charge on any atom is -0.489 e. The van der Waals surface area contributed by atoms with E-state index in [1.807, 2.05) is 18.2 Å². The molecule has 0 spiro atoms. The fourth-order valence-electron chi connectivity index (χ4n) is 2.80. The first-order valence-electron chi connectivity index (χ1n) is 6.63. The summed E-state index contributed by atoms with van der Waals surface area (Å²) in [5, 5.41) is 2.79. The van der Waals surface area contributed by atoms with E-state index in [0.717, 1.165) is 36.8 Å². The highest BCUT2D eigenvalue weighted by atomic mass is 16.5. The number of nitrogens with one attached hydrogen (secondary N) is 1. The number of rotatable bonds is 1. The van der Waals surface area contributed by atoms with Gasteiger partial charge in [-0.15, -0.1) is 0 Å². The van der Waals surface area contributed by atoms with E-state index in [1.54, 1.807) is 0 Å². The topological polar surface area (TPSA) is 44.8 Å². The van der Waals surface area contributed by atoms with Gasteiger partial charge in [0.2, 0.25) is 5.91 Å². The summed E-state index contributed by atoms with van der Waals surface area (Å²) in [5.74, 6) is 0.806. The Hall–Kier alpha value is -1.75. The Bertz CT molecular complexity index is 503. The molecule has 1 amide bonds. The summed E-state index contributed by atoms with van der Waals surface area (Å²) < 4.78 is 5.84. The maximum Gasteiger partial charge on any atom is 0.221 e. The molecule has 0 aromatic heterocycles. The van der Waals surface area contributed by atoms with Gasteiger partial charge in [-0.2, -0.15) is 0 Å². The van der Waals surface area contributed by atoms with Crippen LogP contribution < -0.4 is 15.0 Å². The summed E-state index contributed by atoms with van der Waals surface area (Å²) in [6.07, 6.45) is 0. The molecule has 0 unspecified atom stereocenters. The number of carbonyl (C=O) groups excluding carboxylic acids is 1. The van der Waals surface area contributed by atoms with Crippen molar-refractivity contribution in [2.24, 2.45) is 0 Å². The van der Waals surface area contributed by atoms with Crippen molar-refractivity contribution in [1.29, 1.82) is 0 Å².